The standard InChI is InChI=1S/C40H33N2S.C15H18NSi.Ir/c1-23(2)32-20-25(5)21-33(24(3)4)38(32)42-36-13-9-8-12-35(36)41-40(42)27-15-19-37-34(22-27)31-18-17-29-28-11-7-6-10-26(28)14-16-30(29)39(31)43-37;1-12-5-7-13(8-6-12)15-10-9-14(11-16-15)17(2,3)4;/h6-14,16-24H,1-5H3;5-7,9-11H,1-4H3;/q2*-1;/i;1D3;. The number of nitrogens with zero attached hydrogens (tertiary/aromatic N) is 3. The molecule has 0 saturated carbocycles. The Balaban J connectivity index is 0.000000225. The number of benzene rings is 7. The molecule has 0 N–H and O–H groups in total. The number of aryl methyl sites for hydroxylation is 2. The summed E-state index contributed by atoms with van der Waals surface area (Å²) in [6, 6.07) is 51.2. The maximum absolute atomic E-state index is 7.35. The van der Waals surface area contributed by atoms with Crippen LogP contribution in [0.4, 0.5) is 0 Å². The topological polar surface area (TPSA) is 30.7 Å². The van der Waals surface area contributed by atoms with E-state index in [9.17, 15) is 0 Å². The quantitative estimate of drug-likeness (QED) is 0.0944. The molecule has 0 unspecified atom stereocenters. The van der Waals surface area contributed by atoms with Crippen molar-refractivity contribution in [1.29, 1.82) is 0 Å². The summed E-state index contributed by atoms with van der Waals surface area (Å²) in [6.45, 7) is 16.2. The second kappa shape index (κ2) is 16.9. The summed E-state index contributed by atoms with van der Waals surface area (Å²) in [5, 5.41) is 9.07. The number of pyridine rings is 1. The number of hydrogen-bond donors (Lipinski definition) is 0. The molecule has 3 aromatic heterocycles. The monoisotopic (exact) mass is 1010 g/mol. The van der Waals surface area contributed by atoms with Crippen LogP contribution in [0.3, 0.4) is 0 Å². The van der Waals surface area contributed by atoms with Gasteiger partial charge in [-0.1, -0.05) is 150 Å². The summed E-state index contributed by atoms with van der Waals surface area (Å²) in [5.74, 6) is 1.69. The summed E-state index contributed by atoms with van der Waals surface area (Å²) in [5.41, 5.74) is 10.4. The molecule has 0 atom stereocenters. The van der Waals surface area contributed by atoms with Crippen molar-refractivity contribution in [2.75, 3.05) is 0 Å². The molecule has 10 rings (SSSR count). The zero-order chi connectivity index (χ0) is 44.4. The van der Waals surface area contributed by atoms with Crippen molar-refractivity contribution in [3.8, 4) is 28.3 Å². The van der Waals surface area contributed by atoms with Crippen molar-refractivity contribution in [1.82, 2.24) is 14.5 Å². The van der Waals surface area contributed by atoms with Gasteiger partial charge in [-0.15, -0.1) is 59.2 Å². The molecule has 61 heavy (non-hydrogen) atoms. The van der Waals surface area contributed by atoms with Gasteiger partial charge in [-0.25, -0.2) is 0 Å². The Morgan fingerprint density at radius 3 is 2.05 bits per heavy atom. The molecule has 0 spiro atoms. The molecule has 0 amide bonds. The molecule has 3 nitrogen and oxygen atoms in total. The Hall–Kier alpha value is -5.23. The Labute approximate surface area is 383 Å². The van der Waals surface area contributed by atoms with Crippen molar-refractivity contribution in [2.24, 2.45) is 0 Å². The molecular formula is C55H51IrN3SSi-2. The molecule has 10 aromatic rings. The van der Waals surface area contributed by atoms with E-state index in [0.29, 0.717) is 17.4 Å². The average Bonchev–Trinajstić information content (AvgIpc) is 3.84. The van der Waals surface area contributed by atoms with Gasteiger partial charge in [0.1, 0.15) is 0 Å². The number of para-hydroxylation sites is 2. The molecule has 1 radical (unpaired) electrons. The Bertz CT molecular complexity index is 3240. The predicted octanol–water partition coefficient (Wildman–Crippen LogP) is 15.1. The van der Waals surface area contributed by atoms with E-state index in [1.807, 2.05) is 23.6 Å². The number of hydrogen-bond acceptors (Lipinski definition) is 3. The van der Waals surface area contributed by atoms with Crippen LogP contribution in [0.25, 0.3) is 81.1 Å². The van der Waals surface area contributed by atoms with E-state index < -0.39 is 14.9 Å². The van der Waals surface area contributed by atoms with Gasteiger partial charge in [-0.2, -0.15) is 11.3 Å². The molecule has 0 fully saturated rings. The molecule has 307 valence electrons. The van der Waals surface area contributed by atoms with Crippen molar-refractivity contribution >= 4 is 77.3 Å². The minimum Gasteiger partial charge on any atom is -0.333 e. The van der Waals surface area contributed by atoms with Crippen molar-refractivity contribution in [2.45, 2.75) is 72.9 Å². The minimum atomic E-state index is -2.08. The number of imidazole rings is 1. The van der Waals surface area contributed by atoms with Crippen LogP contribution in [0.15, 0.2) is 134 Å². The second-order valence-corrected chi connectivity index (χ2v) is 23.7. The molecule has 0 aliphatic rings. The first kappa shape index (κ1) is 38.7. The maximum Gasteiger partial charge on any atom is 0.0795 e. The molecule has 0 bridgehead atoms. The Morgan fingerprint density at radius 1 is 0.672 bits per heavy atom. The maximum atomic E-state index is 7.35. The Kier molecular flexibility index (Phi) is 10.7. The third-order valence-corrected chi connectivity index (χ3v) is 14.8. The van der Waals surface area contributed by atoms with Gasteiger partial charge in [0, 0.05) is 40.8 Å². The molecule has 3 heterocycles. The smallest absolute Gasteiger partial charge is 0.0795 e. The van der Waals surface area contributed by atoms with E-state index in [-0.39, 0.29) is 20.1 Å². The third-order valence-electron chi connectivity index (χ3n) is 11.6. The first-order chi connectivity index (χ1) is 30.1. The van der Waals surface area contributed by atoms with Crippen LogP contribution in [0.1, 0.15) is 65.9 Å². The molecule has 0 aliphatic carbocycles. The first-order valence-electron chi connectivity index (χ1n) is 22.4. The van der Waals surface area contributed by atoms with Gasteiger partial charge in [0.25, 0.3) is 0 Å². The van der Waals surface area contributed by atoms with Crippen LogP contribution in [0.5, 0.6) is 0 Å². The second-order valence-electron chi connectivity index (χ2n) is 17.6. The van der Waals surface area contributed by atoms with Crippen LogP contribution in [-0.4, -0.2) is 22.6 Å². The molecule has 0 aliphatic heterocycles. The number of fused-ring (bicyclic) bond motifs is 8. The fourth-order valence-electron chi connectivity index (χ4n) is 8.38. The van der Waals surface area contributed by atoms with Gasteiger partial charge < -0.3 is 9.55 Å². The summed E-state index contributed by atoms with van der Waals surface area (Å²) < 4.78 is 27.0. The normalized spacial score (nSPS) is 12.8. The van der Waals surface area contributed by atoms with Gasteiger partial charge in [-0.05, 0) is 84.5 Å². The molecule has 0 saturated heterocycles. The van der Waals surface area contributed by atoms with Gasteiger partial charge in [0.15, 0.2) is 0 Å². The van der Waals surface area contributed by atoms with Crippen LogP contribution in [-0.2, 0) is 20.1 Å². The minimum absolute atomic E-state index is 0. The van der Waals surface area contributed by atoms with Crippen LogP contribution in [0.2, 0.25) is 19.6 Å². The summed E-state index contributed by atoms with van der Waals surface area (Å²) in [7, 11) is -1.34. The zero-order valence-electron chi connectivity index (χ0n) is 38.9. The molecule has 6 heteroatoms. The van der Waals surface area contributed by atoms with E-state index in [1.165, 1.54) is 75.3 Å². The van der Waals surface area contributed by atoms with Crippen molar-refractivity contribution < 1.29 is 24.2 Å². The van der Waals surface area contributed by atoms with E-state index in [0.717, 1.165) is 33.7 Å². The Morgan fingerprint density at radius 2 is 1.36 bits per heavy atom. The first-order valence-corrected chi connectivity index (χ1v) is 25.2. The van der Waals surface area contributed by atoms with Crippen LogP contribution >= 0.6 is 11.3 Å². The predicted molar refractivity (Wildman–Crippen MR) is 262 cm³/mol. The van der Waals surface area contributed by atoms with Crippen LogP contribution in [0, 0.1) is 25.9 Å². The molecule has 7 aromatic carbocycles. The number of thiophene rings is 1. The fourth-order valence-corrected chi connectivity index (χ4v) is 10.6. The SMILES string of the molecule is Cc1cc(C(C)C)c(-n2c(-c3[c-]cc4sc5c(ccc6c7ccccc7ccc65)c4c3)nc3ccccc32)c(C(C)C)c1.[2H]C([2H])([2H])c1c[c-]c(-c2ccc([Si](C)(C)C)cn2)cc1.[Ir]. The average molecular weight is 1010 g/mol. The van der Waals surface area contributed by atoms with E-state index in [4.69, 9.17) is 9.10 Å². The largest absolute Gasteiger partial charge is 0.333 e. The van der Waals surface area contributed by atoms with Crippen LogP contribution < -0.4 is 5.19 Å². The number of rotatable bonds is 6. The number of aromatic nitrogens is 3. The van der Waals surface area contributed by atoms with Crippen molar-refractivity contribution in [3.63, 3.8) is 0 Å². The van der Waals surface area contributed by atoms with Crippen molar-refractivity contribution in [3.05, 3.63) is 168 Å². The summed E-state index contributed by atoms with van der Waals surface area (Å²) in [4.78, 5) is 9.74. The van der Waals surface area contributed by atoms with E-state index in [2.05, 4.69) is 179 Å². The van der Waals surface area contributed by atoms with Gasteiger partial charge in [-0.3, -0.25) is 4.98 Å². The summed E-state index contributed by atoms with van der Waals surface area (Å²) in [6.07, 6.45) is 1.92. The summed E-state index contributed by atoms with van der Waals surface area (Å²) >= 11 is 1.87. The fraction of sp³-hybridized carbons (Fsp3) is 0.200. The van der Waals surface area contributed by atoms with Gasteiger partial charge >= 0.3 is 0 Å². The van der Waals surface area contributed by atoms with E-state index in [1.54, 1.807) is 12.1 Å². The molecular weight excluding hydrogens is 955 g/mol. The van der Waals surface area contributed by atoms with Gasteiger partial charge in [0.2, 0.25) is 0 Å². The van der Waals surface area contributed by atoms with E-state index >= 15 is 0 Å². The zero-order valence-corrected chi connectivity index (χ0v) is 40.2. The third kappa shape index (κ3) is 8.03. The van der Waals surface area contributed by atoms with Gasteiger partial charge in [0.05, 0.1) is 24.9 Å².